The molecule has 0 aliphatic carbocycles. The number of carbonyl (C=O) groups excluding carboxylic acids is 1. The van der Waals surface area contributed by atoms with Gasteiger partial charge in [0.15, 0.2) is 5.82 Å². The van der Waals surface area contributed by atoms with Crippen LogP contribution in [-0.4, -0.2) is 25.7 Å². The van der Waals surface area contributed by atoms with Gasteiger partial charge in [-0.1, -0.05) is 19.9 Å². The number of hydrogen-bond donors (Lipinski definition) is 0. The number of hydrogen-bond acceptors (Lipinski definition) is 8. The van der Waals surface area contributed by atoms with E-state index in [-0.39, 0.29) is 12.3 Å². The molecule has 0 saturated heterocycles. The van der Waals surface area contributed by atoms with Gasteiger partial charge in [0.05, 0.1) is 23.6 Å². The standard InChI is InChI=1S/C31H32FN5O2S/c1-4-7-8-27-20-22-19-24(12-16-30(22)40-27)34-35-25-11-15-29(28(32)21-25)36-33-23-9-13-26(14-10-23)37(6-3)17-18-39-31(38)5-2/h5,9-16,19-21H,2,4,6-8,17-18H2,1,3H3/b35-34+,36-33+. The maximum absolute atomic E-state index is 14.7. The van der Waals surface area contributed by atoms with E-state index in [9.17, 15) is 9.18 Å². The van der Waals surface area contributed by atoms with Crippen LogP contribution in [0.25, 0.3) is 10.1 Å². The second-order valence-electron chi connectivity index (χ2n) is 9.04. The third-order valence-electron chi connectivity index (χ3n) is 6.18. The Bertz CT molecular complexity index is 1510. The number of carbonyl (C=O) groups is 1. The van der Waals surface area contributed by atoms with Crippen molar-refractivity contribution in [2.45, 2.75) is 33.1 Å². The molecule has 0 N–H and O–H groups in total. The maximum Gasteiger partial charge on any atom is 0.330 e. The Kier molecular flexibility index (Phi) is 10.2. The highest BCUT2D eigenvalue weighted by Crippen LogP contribution is 2.32. The van der Waals surface area contributed by atoms with E-state index in [1.165, 1.54) is 34.6 Å². The molecule has 4 rings (SSSR count). The lowest BCUT2D eigenvalue weighted by molar-refractivity contribution is -0.137. The van der Waals surface area contributed by atoms with E-state index < -0.39 is 11.8 Å². The molecule has 3 aromatic carbocycles. The van der Waals surface area contributed by atoms with E-state index in [1.54, 1.807) is 18.2 Å². The van der Waals surface area contributed by atoms with Gasteiger partial charge < -0.3 is 9.64 Å². The smallest absolute Gasteiger partial charge is 0.330 e. The summed E-state index contributed by atoms with van der Waals surface area (Å²) in [5, 5.41) is 17.9. The van der Waals surface area contributed by atoms with Crippen LogP contribution in [0.4, 0.5) is 32.8 Å². The highest BCUT2D eigenvalue weighted by atomic mass is 32.1. The number of halogens is 1. The van der Waals surface area contributed by atoms with Crippen molar-refractivity contribution in [3.8, 4) is 0 Å². The summed E-state index contributed by atoms with van der Waals surface area (Å²) in [6.45, 7) is 9.15. The Morgan fingerprint density at radius 3 is 2.35 bits per heavy atom. The number of aryl methyl sites for hydroxylation is 1. The van der Waals surface area contributed by atoms with E-state index in [0.29, 0.717) is 17.9 Å². The molecule has 1 heterocycles. The maximum atomic E-state index is 14.7. The monoisotopic (exact) mass is 557 g/mol. The summed E-state index contributed by atoms with van der Waals surface area (Å²) < 4.78 is 21.0. The minimum atomic E-state index is -0.531. The van der Waals surface area contributed by atoms with Gasteiger partial charge in [0, 0.05) is 34.0 Å². The summed E-state index contributed by atoms with van der Waals surface area (Å²) in [6, 6.07) is 20.1. The van der Waals surface area contributed by atoms with E-state index >= 15 is 0 Å². The number of nitrogens with zero attached hydrogens (tertiary/aromatic N) is 5. The van der Waals surface area contributed by atoms with Crippen molar-refractivity contribution in [3.05, 3.63) is 90.1 Å². The molecule has 0 unspecified atom stereocenters. The summed E-state index contributed by atoms with van der Waals surface area (Å²) in [5.74, 6) is -0.973. The van der Waals surface area contributed by atoms with Crippen LogP contribution in [0, 0.1) is 5.82 Å². The zero-order valence-corrected chi connectivity index (χ0v) is 23.5. The van der Waals surface area contributed by atoms with Crippen LogP contribution in [0.15, 0.2) is 99.8 Å². The topological polar surface area (TPSA) is 79.0 Å². The minimum Gasteiger partial charge on any atom is -0.461 e. The summed E-state index contributed by atoms with van der Waals surface area (Å²) in [6.07, 6.45) is 4.60. The fraction of sp³-hybridized carbons (Fsp3) is 0.258. The third kappa shape index (κ3) is 7.89. The second-order valence-corrected chi connectivity index (χ2v) is 10.2. The minimum absolute atomic E-state index is 0.113. The van der Waals surface area contributed by atoms with Gasteiger partial charge in [-0.2, -0.15) is 15.3 Å². The Hall–Kier alpha value is -4.24. The predicted octanol–water partition coefficient (Wildman–Crippen LogP) is 9.77. The molecule has 9 heteroatoms. The lowest BCUT2D eigenvalue weighted by Gasteiger charge is -2.22. The van der Waals surface area contributed by atoms with Crippen molar-refractivity contribution in [2.24, 2.45) is 20.5 Å². The summed E-state index contributed by atoms with van der Waals surface area (Å²) in [7, 11) is 0. The van der Waals surface area contributed by atoms with Crippen molar-refractivity contribution < 1.29 is 13.9 Å². The molecule has 4 aromatic rings. The number of anilines is 1. The highest BCUT2D eigenvalue weighted by Gasteiger charge is 2.07. The average Bonchev–Trinajstić information content (AvgIpc) is 3.39. The van der Waals surface area contributed by atoms with Crippen LogP contribution in [0.5, 0.6) is 0 Å². The second kappa shape index (κ2) is 14.2. The molecule has 0 atom stereocenters. The number of benzene rings is 3. The molecular weight excluding hydrogens is 525 g/mol. The first kappa shape index (κ1) is 28.8. The van der Waals surface area contributed by atoms with Gasteiger partial charge in [-0.05, 0) is 85.8 Å². The molecular formula is C31H32FN5O2S. The Labute approximate surface area is 237 Å². The van der Waals surface area contributed by atoms with Gasteiger partial charge in [0.2, 0.25) is 0 Å². The predicted molar refractivity (Wildman–Crippen MR) is 161 cm³/mol. The van der Waals surface area contributed by atoms with Crippen molar-refractivity contribution >= 4 is 55.8 Å². The van der Waals surface area contributed by atoms with Gasteiger partial charge in [-0.3, -0.25) is 0 Å². The van der Waals surface area contributed by atoms with Gasteiger partial charge in [0.1, 0.15) is 12.3 Å². The molecule has 7 nitrogen and oxygen atoms in total. The molecule has 0 saturated carbocycles. The number of ether oxygens (including phenoxy) is 1. The van der Waals surface area contributed by atoms with Crippen molar-refractivity contribution in [3.63, 3.8) is 0 Å². The molecule has 1 aromatic heterocycles. The first-order chi connectivity index (χ1) is 19.5. The number of azo groups is 2. The first-order valence-corrected chi connectivity index (χ1v) is 14.1. The normalized spacial score (nSPS) is 11.5. The van der Waals surface area contributed by atoms with E-state index in [2.05, 4.69) is 51.0 Å². The molecule has 206 valence electrons. The summed E-state index contributed by atoms with van der Waals surface area (Å²) in [5.41, 5.74) is 2.77. The van der Waals surface area contributed by atoms with Crippen molar-refractivity contribution in [1.82, 2.24) is 0 Å². The highest BCUT2D eigenvalue weighted by molar-refractivity contribution is 7.19. The number of likely N-dealkylation sites (N-methyl/N-ethyl adjacent to an activating group) is 1. The molecule has 0 fully saturated rings. The van der Waals surface area contributed by atoms with Crippen LogP contribution >= 0.6 is 11.3 Å². The van der Waals surface area contributed by atoms with Crippen LogP contribution in [0.2, 0.25) is 0 Å². The number of fused-ring (bicyclic) bond motifs is 1. The zero-order chi connectivity index (χ0) is 28.3. The lowest BCUT2D eigenvalue weighted by atomic mass is 10.2. The number of thiophene rings is 1. The molecule has 0 spiro atoms. The molecule has 0 amide bonds. The first-order valence-electron chi connectivity index (χ1n) is 13.3. The fourth-order valence-electron chi connectivity index (χ4n) is 4.00. The van der Waals surface area contributed by atoms with Crippen molar-refractivity contribution in [2.75, 3.05) is 24.6 Å². The molecule has 40 heavy (non-hydrogen) atoms. The quantitative estimate of drug-likeness (QED) is 0.0932. The third-order valence-corrected chi connectivity index (χ3v) is 7.36. The van der Waals surface area contributed by atoms with E-state index in [1.807, 2.05) is 42.5 Å². The molecule has 0 radical (unpaired) electrons. The Balaban J connectivity index is 1.37. The molecule has 0 bridgehead atoms. The van der Waals surface area contributed by atoms with Gasteiger partial charge in [0.25, 0.3) is 0 Å². The van der Waals surface area contributed by atoms with Crippen LogP contribution in [-0.2, 0) is 16.0 Å². The number of rotatable bonds is 13. The zero-order valence-electron chi connectivity index (χ0n) is 22.7. The molecule has 0 aliphatic rings. The van der Waals surface area contributed by atoms with Crippen molar-refractivity contribution in [1.29, 1.82) is 0 Å². The Morgan fingerprint density at radius 2 is 1.65 bits per heavy atom. The number of esters is 1. The fourth-order valence-corrected chi connectivity index (χ4v) is 5.09. The van der Waals surface area contributed by atoms with Gasteiger partial charge in [-0.15, -0.1) is 16.5 Å². The molecule has 0 aliphatic heterocycles. The van der Waals surface area contributed by atoms with Crippen LogP contribution in [0.1, 0.15) is 31.6 Å². The van der Waals surface area contributed by atoms with E-state index in [0.717, 1.165) is 35.8 Å². The Morgan fingerprint density at radius 1 is 0.950 bits per heavy atom. The lowest BCUT2D eigenvalue weighted by Crippen LogP contribution is -2.27. The van der Waals surface area contributed by atoms with Gasteiger partial charge in [-0.25, -0.2) is 9.18 Å². The van der Waals surface area contributed by atoms with Crippen LogP contribution < -0.4 is 4.90 Å². The van der Waals surface area contributed by atoms with Crippen LogP contribution in [0.3, 0.4) is 0 Å². The summed E-state index contributed by atoms with van der Waals surface area (Å²) in [4.78, 5) is 14.7. The largest absolute Gasteiger partial charge is 0.461 e. The summed E-state index contributed by atoms with van der Waals surface area (Å²) >= 11 is 1.81. The average molecular weight is 558 g/mol. The number of unbranched alkanes of at least 4 members (excludes halogenated alkanes) is 1. The SMILES string of the molecule is C=CC(=O)OCCN(CC)c1ccc(/N=N/c2ccc(/N=N/c3ccc4sc(CCCC)cc4c3)cc2F)cc1. The van der Waals surface area contributed by atoms with Gasteiger partial charge >= 0.3 is 5.97 Å². The van der Waals surface area contributed by atoms with E-state index in [4.69, 9.17) is 4.74 Å².